The number of halogens is 5. The first-order chi connectivity index (χ1) is 17.6. The van der Waals surface area contributed by atoms with Crippen LogP contribution in [0.15, 0.2) is 83.7 Å². The number of nitrogens with zero attached hydrogens (tertiary/aromatic N) is 2. The molecule has 1 heterocycles. The third-order valence-electron chi connectivity index (χ3n) is 5.53. The van der Waals surface area contributed by atoms with Gasteiger partial charge in [-0.25, -0.2) is 8.78 Å². The highest BCUT2D eigenvalue weighted by molar-refractivity contribution is 6.04. The molecule has 0 fully saturated rings. The molecule has 1 aromatic heterocycles. The zero-order chi connectivity index (χ0) is 26.7. The zero-order valence-electron chi connectivity index (χ0n) is 18.8. The van der Waals surface area contributed by atoms with Gasteiger partial charge in [0, 0.05) is 17.2 Å². The Morgan fingerprint density at radius 2 is 1.62 bits per heavy atom. The van der Waals surface area contributed by atoms with Gasteiger partial charge in [-0.3, -0.25) is 14.2 Å². The van der Waals surface area contributed by atoms with Crippen LogP contribution in [0.1, 0.15) is 27.0 Å². The molecule has 5 nitrogen and oxygen atoms in total. The number of alkyl halides is 3. The number of carbonyl (C=O) groups excluding carboxylic acids is 1. The summed E-state index contributed by atoms with van der Waals surface area (Å²) >= 11 is 0. The topological polar surface area (TPSA) is 74.9 Å². The predicted octanol–water partition coefficient (Wildman–Crippen LogP) is 5.98. The average Bonchev–Trinajstić information content (AvgIpc) is 2.87. The Balaban J connectivity index is 1.80. The highest BCUT2D eigenvalue weighted by Gasteiger charge is 2.36. The van der Waals surface area contributed by atoms with Gasteiger partial charge in [0.15, 0.2) is 0 Å². The summed E-state index contributed by atoms with van der Waals surface area (Å²) in [6, 6.07) is 19.4. The molecule has 0 saturated carbocycles. The molecular formula is C27H16F5N3O2. The van der Waals surface area contributed by atoms with Gasteiger partial charge >= 0.3 is 6.18 Å². The van der Waals surface area contributed by atoms with Crippen molar-refractivity contribution < 1.29 is 26.7 Å². The fourth-order valence-electron chi connectivity index (χ4n) is 3.72. The van der Waals surface area contributed by atoms with Gasteiger partial charge in [0.1, 0.15) is 29.1 Å². The first-order valence-corrected chi connectivity index (χ1v) is 10.7. The first kappa shape index (κ1) is 25.3. The molecule has 1 N–H and O–H groups in total. The summed E-state index contributed by atoms with van der Waals surface area (Å²) < 4.78 is 69.2. The summed E-state index contributed by atoms with van der Waals surface area (Å²) in [6.07, 6.45) is -5.09. The summed E-state index contributed by atoms with van der Waals surface area (Å²) in [4.78, 5) is 26.0. The van der Waals surface area contributed by atoms with Crippen LogP contribution in [0.2, 0.25) is 0 Å². The molecule has 3 aromatic carbocycles. The summed E-state index contributed by atoms with van der Waals surface area (Å²) in [6.45, 7) is -0.669. The Bertz CT molecular complexity index is 1590. The van der Waals surface area contributed by atoms with Gasteiger partial charge in [-0.1, -0.05) is 48.5 Å². The lowest BCUT2D eigenvalue weighted by atomic mass is 10.0. The van der Waals surface area contributed by atoms with Crippen molar-refractivity contribution in [1.29, 1.82) is 5.26 Å². The molecule has 0 aliphatic rings. The predicted molar refractivity (Wildman–Crippen MR) is 126 cm³/mol. The van der Waals surface area contributed by atoms with Crippen LogP contribution in [0, 0.1) is 23.0 Å². The van der Waals surface area contributed by atoms with Crippen LogP contribution in [0.3, 0.4) is 0 Å². The number of rotatable bonds is 5. The number of nitriles is 1. The van der Waals surface area contributed by atoms with Crippen molar-refractivity contribution in [3.05, 3.63) is 123 Å². The molecule has 0 aliphatic carbocycles. The molecule has 0 radical (unpaired) electrons. The number of aromatic nitrogens is 1. The lowest BCUT2D eigenvalue weighted by Crippen LogP contribution is -2.31. The van der Waals surface area contributed by atoms with Crippen LogP contribution in [0.25, 0.3) is 11.1 Å². The van der Waals surface area contributed by atoms with Crippen LogP contribution in [-0.4, -0.2) is 10.5 Å². The van der Waals surface area contributed by atoms with Gasteiger partial charge in [-0.15, -0.1) is 0 Å². The number of carbonyl (C=O) groups is 1. The number of hydrogen-bond donors (Lipinski definition) is 1. The van der Waals surface area contributed by atoms with Gasteiger partial charge < -0.3 is 5.32 Å². The van der Waals surface area contributed by atoms with Gasteiger partial charge in [0.2, 0.25) is 0 Å². The number of amides is 1. The van der Waals surface area contributed by atoms with Crippen LogP contribution in [0.5, 0.6) is 0 Å². The molecule has 0 unspecified atom stereocenters. The molecule has 0 spiro atoms. The standard InChI is InChI=1S/C27H16F5N3O2/c28-20-10-9-19(23(29)12-20)15-35-24(13-22(27(30,31)32)21(14-33)26(35)37)34-25(36)18-8-4-7-17(11-18)16-5-2-1-3-6-16/h1-13H,15H2,(H,34,36). The summed E-state index contributed by atoms with van der Waals surface area (Å²) in [5.41, 5.74) is -2.88. The van der Waals surface area contributed by atoms with E-state index in [4.69, 9.17) is 0 Å². The minimum atomic E-state index is -5.09. The van der Waals surface area contributed by atoms with Crippen LogP contribution < -0.4 is 10.9 Å². The third-order valence-corrected chi connectivity index (χ3v) is 5.53. The van der Waals surface area contributed by atoms with Crippen LogP contribution in [0.4, 0.5) is 27.8 Å². The molecule has 0 aliphatic heterocycles. The summed E-state index contributed by atoms with van der Waals surface area (Å²) in [5, 5.41) is 11.5. The molecule has 37 heavy (non-hydrogen) atoms. The zero-order valence-corrected chi connectivity index (χ0v) is 18.8. The Hall–Kier alpha value is -4.78. The fourth-order valence-corrected chi connectivity index (χ4v) is 3.72. The molecule has 0 saturated heterocycles. The van der Waals surface area contributed by atoms with Gasteiger partial charge in [0.25, 0.3) is 11.5 Å². The second-order valence-electron chi connectivity index (χ2n) is 7.96. The van der Waals surface area contributed by atoms with E-state index >= 15 is 0 Å². The monoisotopic (exact) mass is 509 g/mol. The number of nitrogens with one attached hydrogen (secondary N) is 1. The minimum Gasteiger partial charge on any atom is -0.308 e. The Labute approximate surface area is 207 Å². The number of benzene rings is 3. The molecule has 186 valence electrons. The normalized spacial score (nSPS) is 11.1. The SMILES string of the molecule is N#Cc1c(C(F)(F)F)cc(NC(=O)c2cccc(-c3ccccc3)c2)n(Cc2ccc(F)cc2F)c1=O. The minimum absolute atomic E-state index is 0.0752. The van der Waals surface area contributed by atoms with E-state index in [1.54, 1.807) is 24.3 Å². The van der Waals surface area contributed by atoms with Crippen molar-refractivity contribution in [3.63, 3.8) is 0 Å². The molecule has 0 bridgehead atoms. The van der Waals surface area contributed by atoms with Gasteiger partial charge in [-0.05, 0) is 35.4 Å². The lowest BCUT2D eigenvalue weighted by molar-refractivity contribution is -0.137. The molecule has 4 aromatic rings. The second-order valence-corrected chi connectivity index (χ2v) is 7.96. The molecular weight excluding hydrogens is 493 g/mol. The Morgan fingerprint density at radius 3 is 2.27 bits per heavy atom. The summed E-state index contributed by atoms with van der Waals surface area (Å²) in [5.74, 6) is -3.41. The number of pyridine rings is 1. The maximum absolute atomic E-state index is 14.3. The van der Waals surface area contributed by atoms with Crippen LogP contribution in [-0.2, 0) is 12.7 Å². The number of hydrogen-bond acceptors (Lipinski definition) is 3. The van der Waals surface area contributed by atoms with Gasteiger partial charge in [-0.2, -0.15) is 18.4 Å². The van der Waals surface area contributed by atoms with E-state index in [0.29, 0.717) is 22.3 Å². The van der Waals surface area contributed by atoms with Crippen molar-refractivity contribution in [2.75, 3.05) is 5.32 Å². The highest BCUT2D eigenvalue weighted by atomic mass is 19.4. The van der Waals surface area contributed by atoms with Gasteiger partial charge in [0.05, 0.1) is 12.1 Å². The Kier molecular flexibility index (Phi) is 6.89. The molecule has 1 amide bonds. The van der Waals surface area contributed by atoms with E-state index in [1.165, 1.54) is 18.2 Å². The van der Waals surface area contributed by atoms with E-state index < -0.39 is 52.8 Å². The molecule has 10 heteroatoms. The Morgan fingerprint density at radius 1 is 0.919 bits per heavy atom. The average molecular weight is 509 g/mol. The van der Waals surface area contributed by atoms with Crippen molar-refractivity contribution >= 4 is 11.7 Å². The summed E-state index contributed by atoms with van der Waals surface area (Å²) in [7, 11) is 0. The first-order valence-electron chi connectivity index (χ1n) is 10.7. The third kappa shape index (κ3) is 5.41. The quantitative estimate of drug-likeness (QED) is 0.336. The van der Waals surface area contributed by atoms with Crippen molar-refractivity contribution in [1.82, 2.24) is 4.57 Å². The number of anilines is 1. The smallest absolute Gasteiger partial charge is 0.308 e. The molecule has 0 atom stereocenters. The molecule has 4 rings (SSSR count). The fraction of sp³-hybridized carbons (Fsp3) is 0.0741. The van der Waals surface area contributed by atoms with Crippen molar-refractivity contribution in [2.45, 2.75) is 12.7 Å². The van der Waals surface area contributed by atoms with E-state index in [2.05, 4.69) is 5.32 Å². The van der Waals surface area contributed by atoms with Crippen molar-refractivity contribution in [3.8, 4) is 17.2 Å². The van der Waals surface area contributed by atoms with E-state index in [9.17, 15) is 36.8 Å². The van der Waals surface area contributed by atoms with Crippen LogP contribution >= 0.6 is 0 Å². The van der Waals surface area contributed by atoms with E-state index in [0.717, 1.165) is 17.7 Å². The maximum atomic E-state index is 14.3. The van der Waals surface area contributed by atoms with Crippen molar-refractivity contribution in [2.24, 2.45) is 0 Å². The second kappa shape index (κ2) is 10.1. The highest BCUT2D eigenvalue weighted by Crippen LogP contribution is 2.33. The largest absolute Gasteiger partial charge is 0.418 e. The van der Waals surface area contributed by atoms with E-state index in [-0.39, 0.29) is 11.1 Å². The lowest BCUT2D eigenvalue weighted by Gasteiger charge is -2.18. The maximum Gasteiger partial charge on any atom is 0.418 e. The van der Waals surface area contributed by atoms with E-state index in [1.807, 2.05) is 18.2 Å².